The minimum atomic E-state index is -0.107. The van der Waals surface area contributed by atoms with Gasteiger partial charge in [0.25, 0.3) is 5.91 Å². The first kappa shape index (κ1) is 11.3. The minimum Gasteiger partial charge on any atom is -0.321 e. The van der Waals surface area contributed by atoms with Crippen molar-refractivity contribution in [2.24, 2.45) is 0 Å². The van der Waals surface area contributed by atoms with E-state index in [-0.39, 0.29) is 5.91 Å². The van der Waals surface area contributed by atoms with E-state index < -0.39 is 0 Å². The van der Waals surface area contributed by atoms with Crippen LogP contribution in [0.1, 0.15) is 15.9 Å². The molecule has 0 radical (unpaired) electrons. The number of aryl methyl sites for hydroxylation is 1. The largest absolute Gasteiger partial charge is 0.321 e. The molecule has 82 valence electrons. The number of aromatic nitrogens is 1. The first-order valence-corrected chi connectivity index (χ1v) is 6.36. The Morgan fingerprint density at radius 2 is 2.38 bits per heavy atom. The van der Waals surface area contributed by atoms with Crippen LogP contribution in [-0.4, -0.2) is 10.9 Å². The Balaban J connectivity index is 2.15. The SMILES string of the molecule is Cc1cc(NC(=O)c2ccsc2)cnc1Br. The van der Waals surface area contributed by atoms with Crippen molar-refractivity contribution in [3.8, 4) is 0 Å². The van der Waals surface area contributed by atoms with E-state index in [1.54, 1.807) is 12.3 Å². The molecule has 16 heavy (non-hydrogen) atoms. The Morgan fingerprint density at radius 1 is 1.56 bits per heavy atom. The summed E-state index contributed by atoms with van der Waals surface area (Å²) in [6, 6.07) is 3.67. The van der Waals surface area contributed by atoms with E-state index >= 15 is 0 Å². The fourth-order valence-corrected chi connectivity index (χ4v) is 2.08. The van der Waals surface area contributed by atoms with Gasteiger partial charge in [0, 0.05) is 5.38 Å². The van der Waals surface area contributed by atoms with Gasteiger partial charge in [-0.25, -0.2) is 4.98 Å². The molecular formula is C11H9BrN2OS. The second kappa shape index (κ2) is 4.76. The van der Waals surface area contributed by atoms with Gasteiger partial charge in [0.05, 0.1) is 17.4 Å². The first-order valence-electron chi connectivity index (χ1n) is 4.62. The van der Waals surface area contributed by atoms with E-state index in [1.807, 2.05) is 23.8 Å². The molecule has 0 fully saturated rings. The Kier molecular flexibility index (Phi) is 3.36. The molecule has 0 bridgehead atoms. The molecule has 2 aromatic rings. The van der Waals surface area contributed by atoms with Crippen molar-refractivity contribution in [3.63, 3.8) is 0 Å². The number of rotatable bonds is 2. The van der Waals surface area contributed by atoms with Gasteiger partial charge in [-0.05, 0) is 45.9 Å². The van der Waals surface area contributed by atoms with Crippen molar-refractivity contribution in [2.75, 3.05) is 5.32 Å². The number of nitrogens with one attached hydrogen (secondary N) is 1. The summed E-state index contributed by atoms with van der Waals surface area (Å²) >= 11 is 4.81. The van der Waals surface area contributed by atoms with Crippen LogP contribution in [0.25, 0.3) is 0 Å². The van der Waals surface area contributed by atoms with E-state index in [9.17, 15) is 4.79 Å². The lowest BCUT2D eigenvalue weighted by atomic mass is 10.2. The average Bonchev–Trinajstić information content (AvgIpc) is 2.77. The number of carbonyl (C=O) groups excluding carboxylic acids is 1. The highest BCUT2D eigenvalue weighted by molar-refractivity contribution is 9.10. The van der Waals surface area contributed by atoms with E-state index in [1.165, 1.54) is 11.3 Å². The van der Waals surface area contributed by atoms with Gasteiger partial charge < -0.3 is 5.32 Å². The molecule has 3 nitrogen and oxygen atoms in total. The molecule has 5 heteroatoms. The summed E-state index contributed by atoms with van der Waals surface area (Å²) in [6.45, 7) is 1.93. The lowest BCUT2D eigenvalue weighted by Crippen LogP contribution is -2.11. The van der Waals surface area contributed by atoms with Crippen LogP contribution < -0.4 is 5.32 Å². The van der Waals surface area contributed by atoms with E-state index in [0.717, 1.165) is 10.2 Å². The van der Waals surface area contributed by atoms with Gasteiger partial charge in [-0.15, -0.1) is 0 Å². The van der Waals surface area contributed by atoms with Crippen molar-refractivity contribution in [3.05, 3.63) is 44.8 Å². The summed E-state index contributed by atoms with van der Waals surface area (Å²) in [6.07, 6.45) is 1.63. The van der Waals surface area contributed by atoms with Crippen LogP contribution >= 0.6 is 27.3 Å². The Bertz CT molecular complexity index is 511. The van der Waals surface area contributed by atoms with Gasteiger partial charge in [-0.1, -0.05) is 0 Å². The molecule has 0 aliphatic rings. The predicted octanol–water partition coefficient (Wildman–Crippen LogP) is 3.47. The summed E-state index contributed by atoms with van der Waals surface area (Å²) in [5, 5.41) is 6.49. The van der Waals surface area contributed by atoms with Crippen LogP contribution in [-0.2, 0) is 0 Å². The van der Waals surface area contributed by atoms with E-state index in [0.29, 0.717) is 11.3 Å². The average molecular weight is 297 g/mol. The van der Waals surface area contributed by atoms with Crippen molar-refractivity contribution in [2.45, 2.75) is 6.92 Å². The summed E-state index contributed by atoms with van der Waals surface area (Å²) < 4.78 is 0.793. The molecule has 0 saturated carbocycles. The van der Waals surface area contributed by atoms with E-state index in [2.05, 4.69) is 26.2 Å². The fraction of sp³-hybridized carbons (Fsp3) is 0.0909. The molecule has 0 spiro atoms. The number of nitrogens with zero attached hydrogens (tertiary/aromatic N) is 1. The number of carbonyl (C=O) groups is 1. The number of pyridine rings is 1. The third-order valence-electron chi connectivity index (χ3n) is 2.06. The van der Waals surface area contributed by atoms with Gasteiger partial charge in [-0.2, -0.15) is 11.3 Å². The molecule has 0 aliphatic carbocycles. The Hall–Kier alpha value is -1.20. The number of thiophene rings is 1. The summed E-state index contributed by atoms with van der Waals surface area (Å²) in [5.41, 5.74) is 2.37. The zero-order valence-corrected chi connectivity index (χ0v) is 10.9. The smallest absolute Gasteiger partial charge is 0.256 e. The van der Waals surface area contributed by atoms with Crippen molar-refractivity contribution in [1.29, 1.82) is 0 Å². The molecular weight excluding hydrogens is 288 g/mol. The standard InChI is InChI=1S/C11H9BrN2OS/c1-7-4-9(5-13-10(7)12)14-11(15)8-2-3-16-6-8/h2-6H,1H3,(H,14,15). The topological polar surface area (TPSA) is 42.0 Å². The second-order valence-electron chi connectivity index (χ2n) is 3.30. The van der Waals surface area contributed by atoms with Gasteiger partial charge in [0.15, 0.2) is 0 Å². The van der Waals surface area contributed by atoms with Crippen LogP contribution in [0.4, 0.5) is 5.69 Å². The highest BCUT2D eigenvalue weighted by atomic mass is 79.9. The van der Waals surface area contributed by atoms with Crippen LogP contribution in [0.15, 0.2) is 33.7 Å². The number of hydrogen-bond donors (Lipinski definition) is 1. The molecule has 1 N–H and O–H groups in total. The maximum Gasteiger partial charge on any atom is 0.256 e. The Labute approximate surface area is 106 Å². The number of hydrogen-bond acceptors (Lipinski definition) is 3. The predicted molar refractivity (Wildman–Crippen MR) is 68.9 cm³/mol. The van der Waals surface area contributed by atoms with Crippen LogP contribution in [0.2, 0.25) is 0 Å². The third-order valence-corrected chi connectivity index (χ3v) is 3.57. The van der Waals surface area contributed by atoms with Crippen LogP contribution in [0.5, 0.6) is 0 Å². The Morgan fingerprint density at radius 3 is 3.00 bits per heavy atom. The zero-order chi connectivity index (χ0) is 11.5. The fourth-order valence-electron chi connectivity index (χ4n) is 1.22. The van der Waals surface area contributed by atoms with Crippen molar-refractivity contribution in [1.82, 2.24) is 4.98 Å². The maximum atomic E-state index is 11.7. The molecule has 0 saturated heterocycles. The molecule has 0 atom stereocenters. The minimum absolute atomic E-state index is 0.107. The van der Waals surface area contributed by atoms with Crippen LogP contribution in [0.3, 0.4) is 0 Å². The highest BCUT2D eigenvalue weighted by Gasteiger charge is 2.07. The molecule has 2 aromatic heterocycles. The summed E-state index contributed by atoms with van der Waals surface area (Å²) in [7, 11) is 0. The molecule has 0 unspecified atom stereocenters. The summed E-state index contributed by atoms with van der Waals surface area (Å²) in [4.78, 5) is 15.8. The van der Waals surface area contributed by atoms with Gasteiger partial charge in [0.1, 0.15) is 4.60 Å². The number of amides is 1. The number of halogens is 1. The zero-order valence-electron chi connectivity index (χ0n) is 8.53. The molecule has 2 heterocycles. The lowest BCUT2D eigenvalue weighted by molar-refractivity contribution is 0.102. The quantitative estimate of drug-likeness (QED) is 0.862. The highest BCUT2D eigenvalue weighted by Crippen LogP contribution is 2.17. The van der Waals surface area contributed by atoms with Crippen molar-refractivity contribution < 1.29 is 4.79 Å². The molecule has 0 aliphatic heterocycles. The molecule has 2 rings (SSSR count). The van der Waals surface area contributed by atoms with Crippen LogP contribution in [0, 0.1) is 6.92 Å². The van der Waals surface area contributed by atoms with Gasteiger partial charge in [-0.3, -0.25) is 4.79 Å². The number of anilines is 1. The molecule has 0 aromatic carbocycles. The van der Waals surface area contributed by atoms with Gasteiger partial charge >= 0.3 is 0 Å². The van der Waals surface area contributed by atoms with Crippen molar-refractivity contribution >= 4 is 38.9 Å². The third kappa shape index (κ3) is 2.48. The first-order chi connectivity index (χ1) is 7.66. The lowest BCUT2D eigenvalue weighted by Gasteiger charge is -2.05. The second-order valence-corrected chi connectivity index (χ2v) is 4.83. The molecule has 1 amide bonds. The monoisotopic (exact) mass is 296 g/mol. The maximum absolute atomic E-state index is 11.7. The van der Waals surface area contributed by atoms with E-state index in [4.69, 9.17) is 0 Å². The van der Waals surface area contributed by atoms with Gasteiger partial charge in [0.2, 0.25) is 0 Å². The summed E-state index contributed by atoms with van der Waals surface area (Å²) in [5.74, 6) is -0.107. The normalized spacial score (nSPS) is 10.1.